The molecule has 0 amide bonds. The van der Waals surface area contributed by atoms with Crippen LogP contribution in [0.1, 0.15) is 0 Å². The van der Waals surface area contributed by atoms with Crippen LogP contribution in [-0.2, 0) is 0 Å². The molecule has 1 N–H and O–H groups in total. The minimum absolute atomic E-state index is 0.746. The van der Waals surface area contributed by atoms with E-state index in [1.165, 1.54) is 6.20 Å². The molecule has 0 aromatic heterocycles. The summed E-state index contributed by atoms with van der Waals surface area (Å²) in [6.45, 7) is 7.79. The van der Waals surface area contributed by atoms with Gasteiger partial charge in [-0.05, 0) is 13.1 Å². The van der Waals surface area contributed by atoms with Crippen molar-refractivity contribution >= 4 is 5.71 Å². The molecule has 0 saturated heterocycles. The molecule has 0 aliphatic carbocycles. The van der Waals surface area contributed by atoms with Crippen molar-refractivity contribution in [3.63, 3.8) is 0 Å². The van der Waals surface area contributed by atoms with E-state index in [4.69, 9.17) is 0 Å². The predicted molar refractivity (Wildman–Crippen MR) is 41.8 cm³/mol. The van der Waals surface area contributed by atoms with Crippen molar-refractivity contribution in [2.75, 3.05) is 13.6 Å². The van der Waals surface area contributed by atoms with Crippen molar-refractivity contribution in [1.29, 1.82) is 0 Å². The van der Waals surface area contributed by atoms with Crippen LogP contribution in [0, 0.1) is 0 Å². The van der Waals surface area contributed by atoms with Crippen LogP contribution < -0.4 is 5.32 Å². The highest BCUT2D eigenvalue weighted by atomic mass is 14.8. The smallest absolute Gasteiger partial charge is 0.0535 e. The second-order valence-corrected chi connectivity index (χ2v) is 1.54. The zero-order chi connectivity index (χ0) is 7.11. The third kappa shape index (κ3) is 3.67. The SMILES string of the molecule is C=CN=C(C=C)CNC. The molecular formula is C7H12N2. The summed E-state index contributed by atoms with van der Waals surface area (Å²) in [6, 6.07) is 0. The van der Waals surface area contributed by atoms with Crippen molar-refractivity contribution in [3.8, 4) is 0 Å². The first kappa shape index (κ1) is 8.11. The van der Waals surface area contributed by atoms with Gasteiger partial charge in [0.15, 0.2) is 0 Å². The Balaban J connectivity index is 3.80. The summed E-state index contributed by atoms with van der Waals surface area (Å²) >= 11 is 0. The molecule has 0 fully saturated rings. The molecule has 0 aliphatic rings. The average molecular weight is 124 g/mol. The molecular weight excluding hydrogens is 112 g/mol. The average Bonchev–Trinajstić information content (AvgIpc) is 1.88. The second kappa shape index (κ2) is 5.25. The number of hydrogen-bond acceptors (Lipinski definition) is 2. The fourth-order valence-electron chi connectivity index (χ4n) is 0.469. The van der Waals surface area contributed by atoms with Crippen LogP contribution in [-0.4, -0.2) is 19.3 Å². The molecule has 0 saturated carbocycles. The van der Waals surface area contributed by atoms with Crippen LogP contribution in [0.25, 0.3) is 0 Å². The molecule has 0 radical (unpaired) electrons. The fourth-order valence-corrected chi connectivity index (χ4v) is 0.469. The van der Waals surface area contributed by atoms with Gasteiger partial charge >= 0.3 is 0 Å². The minimum atomic E-state index is 0.746. The van der Waals surface area contributed by atoms with Crippen molar-refractivity contribution in [2.45, 2.75) is 0 Å². The van der Waals surface area contributed by atoms with Gasteiger partial charge in [0.1, 0.15) is 0 Å². The van der Waals surface area contributed by atoms with E-state index < -0.39 is 0 Å². The number of aliphatic imine (C=N–C) groups is 1. The van der Waals surface area contributed by atoms with E-state index in [1.807, 2.05) is 7.05 Å². The topological polar surface area (TPSA) is 24.4 Å². The lowest BCUT2D eigenvalue weighted by Gasteiger charge is -1.94. The summed E-state index contributed by atoms with van der Waals surface area (Å²) < 4.78 is 0. The van der Waals surface area contributed by atoms with Gasteiger partial charge < -0.3 is 5.32 Å². The lowest BCUT2D eigenvalue weighted by Crippen LogP contribution is -2.16. The van der Waals surface area contributed by atoms with Gasteiger partial charge in [-0.15, -0.1) is 0 Å². The third-order valence-electron chi connectivity index (χ3n) is 0.851. The first-order valence-corrected chi connectivity index (χ1v) is 2.79. The summed E-state index contributed by atoms with van der Waals surface area (Å²) in [5.41, 5.74) is 0.910. The molecule has 50 valence electrons. The highest BCUT2D eigenvalue weighted by Gasteiger charge is 1.85. The Bertz CT molecular complexity index is 125. The maximum absolute atomic E-state index is 3.93. The van der Waals surface area contributed by atoms with Crippen molar-refractivity contribution in [3.05, 3.63) is 25.4 Å². The molecule has 0 unspecified atom stereocenters. The van der Waals surface area contributed by atoms with Crippen LogP contribution in [0.4, 0.5) is 0 Å². The Morgan fingerprint density at radius 3 is 2.67 bits per heavy atom. The monoisotopic (exact) mass is 124 g/mol. The highest BCUT2D eigenvalue weighted by Crippen LogP contribution is 1.78. The van der Waals surface area contributed by atoms with Crippen LogP contribution in [0.5, 0.6) is 0 Å². The molecule has 0 aromatic carbocycles. The highest BCUT2D eigenvalue weighted by molar-refractivity contribution is 5.96. The van der Waals surface area contributed by atoms with Crippen LogP contribution >= 0.6 is 0 Å². The van der Waals surface area contributed by atoms with Gasteiger partial charge in [-0.3, -0.25) is 4.99 Å². The molecule has 2 nitrogen and oxygen atoms in total. The summed E-state index contributed by atoms with van der Waals surface area (Å²) in [5.74, 6) is 0. The van der Waals surface area contributed by atoms with Gasteiger partial charge in [0.05, 0.1) is 5.71 Å². The molecule has 0 bridgehead atoms. The van der Waals surface area contributed by atoms with E-state index in [0.717, 1.165) is 12.3 Å². The number of nitrogens with one attached hydrogen (secondary N) is 1. The van der Waals surface area contributed by atoms with Gasteiger partial charge in [0.2, 0.25) is 0 Å². The molecule has 0 atom stereocenters. The molecule has 0 heterocycles. The zero-order valence-electron chi connectivity index (χ0n) is 5.72. The molecule has 0 rings (SSSR count). The van der Waals surface area contributed by atoms with Crippen molar-refractivity contribution in [1.82, 2.24) is 5.32 Å². The lowest BCUT2D eigenvalue weighted by molar-refractivity contribution is 0.948. The minimum Gasteiger partial charge on any atom is -0.314 e. The summed E-state index contributed by atoms with van der Waals surface area (Å²) in [4.78, 5) is 3.93. The maximum Gasteiger partial charge on any atom is 0.0535 e. The normalized spacial score (nSPS) is 11.0. The largest absolute Gasteiger partial charge is 0.314 e. The van der Waals surface area contributed by atoms with E-state index in [-0.39, 0.29) is 0 Å². The Morgan fingerprint density at radius 2 is 2.33 bits per heavy atom. The first-order chi connectivity index (χ1) is 4.35. The number of nitrogens with zero attached hydrogens (tertiary/aromatic N) is 1. The lowest BCUT2D eigenvalue weighted by atomic mass is 10.4. The number of hydrogen-bond donors (Lipinski definition) is 1. The van der Waals surface area contributed by atoms with Gasteiger partial charge in [-0.1, -0.05) is 13.2 Å². The van der Waals surface area contributed by atoms with Gasteiger partial charge in [0, 0.05) is 12.7 Å². The molecule has 0 aromatic rings. The van der Waals surface area contributed by atoms with E-state index >= 15 is 0 Å². The number of rotatable bonds is 4. The third-order valence-corrected chi connectivity index (χ3v) is 0.851. The van der Waals surface area contributed by atoms with Gasteiger partial charge in [-0.25, -0.2) is 0 Å². The molecule has 0 spiro atoms. The predicted octanol–water partition coefficient (Wildman–Crippen LogP) is 0.976. The van der Waals surface area contributed by atoms with Crippen LogP contribution in [0.3, 0.4) is 0 Å². The maximum atomic E-state index is 3.93. The summed E-state index contributed by atoms with van der Waals surface area (Å²) in [6.07, 6.45) is 3.21. The Kier molecular flexibility index (Phi) is 4.73. The van der Waals surface area contributed by atoms with E-state index in [9.17, 15) is 0 Å². The standard InChI is InChI=1S/C7H12N2/c1-4-7(6-8-3)9-5-2/h4-5,8H,1-2,6H2,3H3. The Morgan fingerprint density at radius 1 is 1.67 bits per heavy atom. The van der Waals surface area contributed by atoms with Gasteiger partial charge in [-0.2, -0.15) is 0 Å². The molecule has 9 heavy (non-hydrogen) atoms. The fraction of sp³-hybridized carbons (Fsp3) is 0.286. The van der Waals surface area contributed by atoms with Crippen LogP contribution in [0.2, 0.25) is 0 Å². The van der Waals surface area contributed by atoms with E-state index in [2.05, 4.69) is 23.5 Å². The van der Waals surface area contributed by atoms with Crippen molar-refractivity contribution < 1.29 is 0 Å². The quantitative estimate of drug-likeness (QED) is 0.555. The zero-order valence-corrected chi connectivity index (χ0v) is 5.72. The molecule has 0 aliphatic heterocycles. The Hall–Kier alpha value is -0.890. The summed E-state index contributed by atoms with van der Waals surface area (Å²) in [5, 5.41) is 2.95. The summed E-state index contributed by atoms with van der Waals surface area (Å²) in [7, 11) is 1.86. The van der Waals surface area contributed by atoms with Crippen LogP contribution in [0.15, 0.2) is 30.4 Å². The molecule has 2 heteroatoms. The van der Waals surface area contributed by atoms with Crippen molar-refractivity contribution in [2.24, 2.45) is 4.99 Å². The second-order valence-electron chi connectivity index (χ2n) is 1.54. The Labute approximate surface area is 56.0 Å². The van der Waals surface area contributed by atoms with E-state index in [0.29, 0.717) is 0 Å². The van der Waals surface area contributed by atoms with E-state index in [1.54, 1.807) is 6.08 Å². The first-order valence-electron chi connectivity index (χ1n) is 2.79. The van der Waals surface area contributed by atoms with Gasteiger partial charge in [0.25, 0.3) is 0 Å².